The van der Waals surface area contributed by atoms with Crippen molar-refractivity contribution in [1.82, 2.24) is 14.9 Å². The molecule has 1 saturated heterocycles. The van der Waals surface area contributed by atoms with Gasteiger partial charge in [0.15, 0.2) is 0 Å². The molecule has 94 valence electrons. The molecule has 1 atom stereocenters. The van der Waals surface area contributed by atoms with Gasteiger partial charge in [0.25, 0.3) is 0 Å². The molecular weight excluding hydrogens is 297 g/mol. The Balaban J connectivity index is 2.06. The van der Waals surface area contributed by atoms with Crippen molar-refractivity contribution >= 4 is 15.9 Å². The normalized spacial score (nSPS) is 19.3. The van der Waals surface area contributed by atoms with Gasteiger partial charge < -0.3 is 5.32 Å². The number of halogens is 2. The average molecular weight is 310 g/mol. The molecule has 0 aliphatic carbocycles. The third-order valence-electron chi connectivity index (χ3n) is 3.25. The predicted octanol–water partition coefficient (Wildman–Crippen LogP) is 3.20. The zero-order chi connectivity index (χ0) is 12.5. The fourth-order valence-electron chi connectivity index (χ4n) is 2.37. The minimum absolute atomic E-state index is 0.240. The van der Waals surface area contributed by atoms with E-state index in [4.69, 9.17) is 0 Å². The third-order valence-corrected chi connectivity index (χ3v) is 3.75. The van der Waals surface area contributed by atoms with Crippen LogP contribution >= 0.6 is 15.9 Å². The zero-order valence-electron chi connectivity index (χ0n) is 9.74. The van der Waals surface area contributed by atoms with Gasteiger partial charge in [0, 0.05) is 10.5 Å². The summed E-state index contributed by atoms with van der Waals surface area (Å²) in [4.78, 5) is 4.15. The van der Waals surface area contributed by atoms with Crippen LogP contribution < -0.4 is 5.32 Å². The second-order valence-corrected chi connectivity index (χ2v) is 5.35. The van der Waals surface area contributed by atoms with Crippen LogP contribution in [-0.4, -0.2) is 16.1 Å². The van der Waals surface area contributed by atoms with Crippen molar-refractivity contribution in [3.63, 3.8) is 0 Å². The van der Waals surface area contributed by atoms with Crippen molar-refractivity contribution in [2.24, 2.45) is 0 Å². The second kappa shape index (κ2) is 4.82. The molecule has 1 aromatic heterocycles. The van der Waals surface area contributed by atoms with Crippen LogP contribution in [0.15, 0.2) is 35.2 Å². The maximum absolute atomic E-state index is 13.9. The summed E-state index contributed by atoms with van der Waals surface area (Å²) in [5, 5.41) is 3.41. The molecule has 1 unspecified atom stereocenters. The summed E-state index contributed by atoms with van der Waals surface area (Å²) in [7, 11) is 0. The Morgan fingerprint density at radius 2 is 2.33 bits per heavy atom. The van der Waals surface area contributed by atoms with E-state index in [0.717, 1.165) is 29.6 Å². The van der Waals surface area contributed by atoms with E-state index in [0.29, 0.717) is 5.69 Å². The first-order valence-electron chi connectivity index (χ1n) is 5.97. The van der Waals surface area contributed by atoms with Gasteiger partial charge >= 0.3 is 0 Å². The van der Waals surface area contributed by atoms with Crippen molar-refractivity contribution in [1.29, 1.82) is 0 Å². The van der Waals surface area contributed by atoms with Gasteiger partial charge in [0.2, 0.25) is 0 Å². The topological polar surface area (TPSA) is 29.9 Å². The number of nitrogens with one attached hydrogen (secondary N) is 1. The molecule has 3 rings (SSSR count). The van der Waals surface area contributed by atoms with Crippen LogP contribution in [0.25, 0.3) is 5.69 Å². The predicted molar refractivity (Wildman–Crippen MR) is 71.2 cm³/mol. The van der Waals surface area contributed by atoms with Crippen LogP contribution in [0.1, 0.15) is 24.6 Å². The van der Waals surface area contributed by atoms with Crippen LogP contribution in [0.3, 0.4) is 0 Å². The number of aromatic nitrogens is 2. The molecule has 2 heterocycles. The number of hydrogen-bond donors (Lipinski definition) is 1. The molecular formula is C13H13BrFN3. The average Bonchev–Trinajstić information content (AvgIpc) is 3.00. The Morgan fingerprint density at radius 1 is 1.44 bits per heavy atom. The highest BCUT2D eigenvalue weighted by atomic mass is 79.9. The van der Waals surface area contributed by atoms with E-state index in [1.165, 1.54) is 6.07 Å². The summed E-state index contributed by atoms with van der Waals surface area (Å²) in [5.41, 5.74) is 1.55. The summed E-state index contributed by atoms with van der Waals surface area (Å²) < 4.78 is 16.6. The highest BCUT2D eigenvalue weighted by Gasteiger charge is 2.21. The molecule has 1 aromatic carbocycles. The smallest absolute Gasteiger partial charge is 0.147 e. The van der Waals surface area contributed by atoms with Crippen LogP contribution in [0.5, 0.6) is 0 Å². The molecule has 3 nitrogen and oxygen atoms in total. The van der Waals surface area contributed by atoms with Crippen molar-refractivity contribution in [3.05, 3.63) is 46.7 Å². The van der Waals surface area contributed by atoms with E-state index >= 15 is 0 Å². The summed E-state index contributed by atoms with van der Waals surface area (Å²) in [6, 6.07) is 5.20. The lowest BCUT2D eigenvalue weighted by Gasteiger charge is -2.14. The fourth-order valence-corrected chi connectivity index (χ4v) is 2.72. The second-order valence-electron chi connectivity index (χ2n) is 4.43. The molecule has 0 amide bonds. The SMILES string of the molecule is Fc1ccc(Br)cc1-n1cncc1C1CCCN1. The third kappa shape index (κ3) is 2.08. The molecule has 2 aromatic rings. The lowest BCUT2D eigenvalue weighted by molar-refractivity contribution is 0.590. The first-order chi connectivity index (χ1) is 8.75. The number of nitrogens with zero attached hydrogens (tertiary/aromatic N) is 2. The summed E-state index contributed by atoms with van der Waals surface area (Å²) in [6.07, 6.45) is 5.70. The molecule has 5 heteroatoms. The van der Waals surface area contributed by atoms with Gasteiger partial charge in [0.1, 0.15) is 5.82 Å². The van der Waals surface area contributed by atoms with E-state index in [1.54, 1.807) is 18.5 Å². The van der Waals surface area contributed by atoms with Gasteiger partial charge in [-0.3, -0.25) is 4.57 Å². The lowest BCUT2D eigenvalue weighted by Crippen LogP contribution is -2.16. The van der Waals surface area contributed by atoms with Gasteiger partial charge in [0.05, 0.1) is 23.9 Å². The minimum atomic E-state index is -0.240. The molecule has 1 fully saturated rings. The lowest BCUT2D eigenvalue weighted by atomic mass is 10.1. The monoisotopic (exact) mass is 309 g/mol. The first-order valence-corrected chi connectivity index (χ1v) is 6.76. The molecule has 1 aliphatic rings. The zero-order valence-corrected chi connectivity index (χ0v) is 11.3. The Hall–Kier alpha value is -1.20. The van der Waals surface area contributed by atoms with E-state index in [1.807, 2.05) is 10.8 Å². The van der Waals surface area contributed by atoms with Crippen molar-refractivity contribution < 1.29 is 4.39 Å². The Bertz CT molecular complexity index is 561. The van der Waals surface area contributed by atoms with Gasteiger partial charge in [-0.1, -0.05) is 15.9 Å². The van der Waals surface area contributed by atoms with Gasteiger partial charge in [-0.25, -0.2) is 9.37 Å². The molecule has 0 bridgehead atoms. The maximum Gasteiger partial charge on any atom is 0.147 e. The van der Waals surface area contributed by atoms with Gasteiger partial charge in [-0.05, 0) is 37.6 Å². The highest BCUT2D eigenvalue weighted by molar-refractivity contribution is 9.10. The van der Waals surface area contributed by atoms with Crippen LogP contribution in [0, 0.1) is 5.82 Å². The Morgan fingerprint density at radius 3 is 3.11 bits per heavy atom. The van der Waals surface area contributed by atoms with Gasteiger partial charge in [-0.15, -0.1) is 0 Å². The van der Waals surface area contributed by atoms with E-state index in [-0.39, 0.29) is 11.9 Å². The van der Waals surface area contributed by atoms with Crippen molar-refractivity contribution in [2.75, 3.05) is 6.54 Å². The van der Waals surface area contributed by atoms with Crippen LogP contribution in [0.2, 0.25) is 0 Å². The van der Waals surface area contributed by atoms with Crippen molar-refractivity contribution in [2.45, 2.75) is 18.9 Å². The number of imidazole rings is 1. The number of rotatable bonds is 2. The molecule has 0 spiro atoms. The maximum atomic E-state index is 13.9. The van der Waals surface area contributed by atoms with E-state index in [2.05, 4.69) is 26.2 Å². The molecule has 18 heavy (non-hydrogen) atoms. The first kappa shape index (κ1) is 11.9. The Kier molecular flexibility index (Phi) is 3.18. The highest BCUT2D eigenvalue weighted by Crippen LogP contribution is 2.27. The molecule has 0 saturated carbocycles. The number of benzene rings is 1. The summed E-state index contributed by atoms with van der Waals surface area (Å²) >= 11 is 3.37. The standard InChI is InChI=1S/C13H13BrFN3/c14-9-3-4-10(15)12(6-9)18-8-16-7-13(18)11-2-1-5-17-11/h3-4,6-8,11,17H,1-2,5H2. The summed E-state index contributed by atoms with van der Waals surface area (Å²) in [5.74, 6) is -0.240. The van der Waals surface area contributed by atoms with E-state index in [9.17, 15) is 4.39 Å². The summed E-state index contributed by atoms with van der Waals surface area (Å²) in [6.45, 7) is 1.01. The molecule has 0 radical (unpaired) electrons. The largest absolute Gasteiger partial charge is 0.309 e. The van der Waals surface area contributed by atoms with Crippen LogP contribution in [-0.2, 0) is 0 Å². The number of hydrogen-bond acceptors (Lipinski definition) is 2. The minimum Gasteiger partial charge on any atom is -0.309 e. The fraction of sp³-hybridized carbons (Fsp3) is 0.308. The van der Waals surface area contributed by atoms with Crippen molar-refractivity contribution in [3.8, 4) is 5.69 Å². The quantitative estimate of drug-likeness (QED) is 0.923. The van der Waals surface area contributed by atoms with Crippen LogP contribution in [0.4, 0.5) is 4.39 Å². The molecule has 1 N–H and O–H groups in total. The van der Waals surface area contributed by atoms with E-state index < -0.39 is 0 Å². The Labute approximate surface area is 113 Å². The van der Waals surface area contributed by atoms with Gasteiger partial charge in [-0.2, -0.15) is 0 Å². The molecule has 1 aliphatic heterocycles.